The predicted molar refractivity (Wildman–Crippen MR) is 66.4 cm³/mol. The highest BCUT2D eigenvalue weighted by molar-refractivity contribution is 5.87. The Morgan fingerprint density at radius 1 is 1.44 bits per heavy atom. The van der Waals surface area contributed by atoms with Crippen LogP contribution in [0.4, 0.5) is 0 Å². The van der Waals surface area contributed by atoms with Crippen molar-refractivity contribution in [2.45, 2.75) is 45.7 Å². The number of carbonyl (C=O) groups is 2. The van der Waals surface area contributed by atoms with Gasteiger partial charge in [-0.2, -0.15) is 5.10 Å². The van der Waals surface area contributed by atoms with Gasteiger partial charge in [0, 0.05) is 12.2 Å². The quantitative estimate of drug-likeness (QED) is 0.803. The molecule has 1 aromatic rings. The average Bonchev–Trinajstić information content (AvgIpc) is 2.84. The van der Waals surface area contributed by atoms with Crippen LogP contribution in [0, 0.1) is 0 Å². The van der Waals surface area contributed by atoms with E-state index in [9.17, 15) is 9.59 Å². The molecule has 0 spiro atoms. The lowest BCUT2D eigenvalue weighted by Gasteiger charge is -2.18. The number of carboxylic acid groups (broad SMARTS) is 1. The molecule has 2 N–H and O–H groups in total. The summed E-state index contributed by atoms with van der Waals surface area (Å²) < 4.78 is 1.36. The van der Waals surface area contributed by atoms with E-state index in [0.717, 1.165) is 12.8 Å². The Morgan fingerprint density at radius 3 is 2.50 bits per heavy atom. The van der Waals surface area contributed by atoms with Crippen LogP contribution in [-0.4, -0.2) is 32.8 Å². The molecule has 0 saturated heterocycles. The Kier molecular flexibility index (Phi) is 4.88. The molecule has 0 fully saturated rings. The minimum atomic E-state index is -1.05. The number of amides is 1. The van der Waals surface area contributed by atoms with Crippen molar-refractivity contribution in [3.05, 3.63) is 18.0 Å². The van der Waals surface area contributed by atoms with Crippen LogP contribution in [0.1, 0.15) is 50.0 Å². The number of nitrogens with one attached hydrogen (secondary N) is 1. The number of aromatic carboxylic acids is 1. The Balaban J connectivity index is 2.70. The molecule has 0 aliphatic heterocycles. The molecule has 6 heteroatoms. The topological polar surface area (TPSA) is 84.2 Å². The summed E-state index contributed by atoms with van der Waals surface area (Å²) in [5.74, 6) is -1.20. The first-order valence-electron chi connectivity index (χ1n) is 6.07. The van der Waals surface area contributed by atoms with Gasteiger partial charge in [0.2, 0.25) is 5.91 Å². The highest BCUT2D eigenvalue weighted by Crippen LogP contribution is 2.08. The molecule has 1 atom stereocenters. The second kappa shape index (κ2) is 6.18. The molecule has 0 bridgehead atoms. The summed E-state index contributed by atoms with van der Waals surface area (Å²) in [7, 11) is 0. The van der Waals surface area contributed by atoms with Crippen LogP contribution in [0.25, 0.3) is 0 Å². The highest BCUT2D eigenvalue weighted by atomic mass is 16.4. The third-order valence-electron chi connectivity index (χ3n) is 2.96. The highest BCUT2D eigenvalue weighted by Gasteiger charge is 2.19. The maximum Gasteiger partial charge on any atom is 0.338 e. The molecule has 0 radical (unpaired) electrons. The molecule has 1 rings (SSSR count). The zero-order chi connectivity index (χ0) is 13.7. The van der Waals surface area contributed by atoms with Crippen molar-refractivity contribution in [2.75, 3.05) is 0 Å². The summed E-state index contributed by atoms with van der Waals surface area (Å²) in [6.45, 7) is 5.71. The Morgan fingerprint density at radius 2 is 2.06 bits per heavy atom. The van der Waals surface area contributed by atoms with Crippen molar-refractivity contribution in [2.24, 2.45) is 0 Å². The largest absolute Gasteiger partial charge is 0.478 e. The van der Waals surface area contributed by atoms with Crippen molar-refractivity contribution in [3.63, 3.8) is 0 Å². The normalized spacial score (nSPS) is 12.4. The lowest BCUT2D eigenvalue weighted by atomic mass is 10.1. The zero-order valence-corrected chi connectivity index (χ0v) is 10.9. The lowest BCUT2D eigenvalue weighted by molar-refractivity contribution is -0.124. The molecular weight excluding hydrogens is 234 g/mol. The molecule has 100 valence electrons. The molecule has 1 aromatic heterocycles. The van der Waals surface area contributed by atoms with E-state index < -0.39 is 12.0 Å². The summed E-state index contributed by atoms with van der Waals surface area (Å²) in [6, 6.07) is -0.367. The van der Waals surface area contributed by atoms with Gasteiger partial charge in [0.1, 0.15) is 6.04 Å². The van der Waals surface area contributed by atoms with Crippen molar-refractivity contribution in [3.8, 4) is 0 Å². The number of nitrogens with zero attached hydrogens (tertiary/aromatic N) is 2. The number of carbonyl (C=O) groups excluding carboxylic acids is 1. The Bertz CT molecular complexity index is 424. The van der Waals surface area contributed by atoms with Crippen molar-refractivity contribution >= 4 is 11.9 Å². The van der Waals surface area contributed by atoms with Crippen LogP contribution < -0.4 is 5.32 Å². The van der Waals surface area contributed by atoms with Gasteiger partial charge in [-0.3, -0.25) is 9.48 Å². The Hall–Kier alpha value is -1.85. The summed E-state index contributed by atoms with van der Waals surface area (Å²) in [5.41, 5.74) is 0.0807. The Labute approximate surface area is 106 Å². The minimum Gasteiger partial charge on any atom is -0.478 e. The smallest absolute Gasteiger partial charge is 0.338 e. The maximum absolute atomic E-state index is 11.9. The van der Waals surface area contributed by atoms with E-state index in [1.165, 1.54) is 17.1 Å². The fourth-order valence-electron chi connectivity index (χ4n) is 1.59. The monoisotopic (exact) mass is 253 g/mol. The van der Waals surface area contributed by atoms with Crippen molar-refractivity contribution < 1.29 is 14.7 Å². The first-order chi connectivity index (χ1) is 8.49. The average molecular weight is 253 g/mol. The van der Waals surface area contributed by atoms with Crippen LogP contribution in [0.15, 0.2) is 12.4 Å². The van der Waals surface area contributed by atoms with Crippen molar-refractivity contribution in [1.29, 1.82) is 0 Å². The maximum atomic E-state index is 11.9. The van der Waals surface area contributed by atoms with Crippen LogP contribution >= 0.6 is 0 Å². The molecule has 0 aliphatic carbocycles. The lowest BCUT2D eigenvalue weighted by Crippen LogP contribution is -2.38. The fraction of sp³-hybridized carbons (Fsp3) is 0.583. The van der Waals surface area contributed by atoms with Gasteiger partial charge in [0.25, 0.3) is 0 Å². The van der Waals surface area contributed by atoms with Gasteiger partial charge in [-0.1, -0.05) is 13.8 Å². The summed E-state index contributed by atoms with van der Waals surface area (Å²) in [6.07, 6.45) is 4.34. The first kappa shape index (κ1) is 14.2. The second-order valence-electron chi connectivity index (χ2n) is 4.21. The summed E-state index contributed by atoms with van der Waals surface area (Å²) in [5, 5.41) is 15.6. The molecule has 18 heavy (non-hydrogen) atoms. The third-order valence-corrected chi connectivity index (χ3v) is 2.96. The molecule has 1 unspecified atom stereocenters. The number of aromatic nitrogens is 2. The molecule has 0 aromatic carbocycles. The van der Waals surface area contributed by atoms with Crippen molar-refractivity contribution in [1.82, 2.24) is 15.1 Å². The summed E-state index contributed by atoms with van der Waals surface area (Å²) >= 11 is 0. The van der Waals surface area contributed by atoms with Crippen LogP contribution in [0.5, 0.6) is 0 Å². The van der Waals surface area contributed by atoms with Gasteiger partial charge < -0.3 is 10.4 Å². The number of rotatable bonds is 6. The van der Waals surface area contributed by atoms with Crippen LogP contribution in [-0.2, 0) is 4.79 Å². The van der Waals surface area contributed by atoms with Gasteiger partial charge in [-0.05, 0) is 19.8 Å². The van der Waals surface area contributed by atoms with E-state index in [0.29, 0.717) is 0 Å². The van der Waals surface area contributed by atoms with Gasteiger partial charge in [0.15, 0.2) is 0 Å². The molecular formula is C12H19N3O3. The zero-order valence-electron chi connectivity index (χ0n) is 10.9. The summed E-state index contributed by atoms with van der Waals surface area (Å²) in [4.78, 5) is 22.7. The minimum absolute atomic E-state index is 0.0807. The van der Waals surface area contributed by atoms with E-state index >= 15 is 0 Å². The van der Waals surface area contributed by atoms with Gasteiger partial charge in [-0.15, -0.1) is 0 Å². The standard InChI is InChI=1S/C12H19N3O3/c1-4-10(5-2)14-11(16)8(3)15-7-9(6-13-15)12(17)18/h6-8,10H,4-5H2,1-3H3,(H,14,16)(H,17,18). The van der Waals surface area contributed by atoms with E-state index in [4.69, 9.17) is 5.11 Å². The van der Waals surface area contributed by atoms with Gasteiger partial charge >= 0.3 is 5.97 Å². The predicted octanol–water partition coefficient (Wildman–Crippen LogP) is 1.45. The molecule has 0 saturated carbocycles. The van der Waals surface area contributed by atoms with Crippen LogP contribution in [0.3, 0.4) is 0 Å². The first-order valence-corrected chi connectivity index (χ1v) is 6.07. The third kappa shape index (κ3) is 3.32. The number of hydrogen-bond donors (Lipinski definition) is 2. The van der Waals surface area contributed by atoms with E-state index in [1.807, 2.05) is 13.8 Å². The fourth-order valence-corrected chi connectivity index (χ4v) is 1.59. The second-order valence-corrected chi connectivity index (χ2v) is 4.21. The molecule has 1 heterocycles. The molecule has 0 aliphatic rings. The molecule has 1 amide bonds. The SMILES string of the molecule is CCC(CC)NC(=O)C(C)n1cc(C(=O)O)cn1. The van der Waals surface area contributed by atoms with Crippen LogP contribution in [0.2, 0.25) is 0 Å². The number of hydrogen-bond acceptors (Lipinski definition) is 3. The van der Waals surface area contributed by atoms with E-state index in [-0.39, 0.29) is 17.5 Å². The molecule has 6 nitrogen and oxygen atoms in total. The number of carboxylic acids is 1. The van der Waals surface area contributed by atoms with E-state index in [2.05, 4.69) is 10.4 Å². The van der Waals surface area contributed by atoms with E-state index in [1.54, 1.807) is 6.92 Å². The van der Waals surface area contributed by atoms with Gasteiger partial charge in [-0.25, -0.2) is 4.79 Å². The van der Waals surface area contributed by atoms with Gasteiger partial charge in [0.05, 0.1) is 11.8 Å².